The smallest absolute Gasteiger partial charge is 0.227 e. The fourth-order valence-corrected chi connectivity index (χ4v) is 3.23. The van der Waals surface area contributed by atoms with E-state index in [0.717, 1.165) is 36.6 Å². The van der Waals surface area contributed by atoms with Gasteiger partial charge in [-0.2, -0.15) is 0 Å². The first-order valence-electron chi connectivity index (χ1n) is 8.44. The van der Waals surface area contributed by atoms with Gasteiger partial charge in [-0.05, 0) is 38.3 Å². The fraction of sp³-hybridized carbons (Fsp3) is 0.421. The maximum Gasteiger partial charge on any atom is 0.227 e. The van der Waals surface area contributed by atoms with Gasteiger partial charge in [0.15, 0.2) is 0 Å². The number of rotatable bonds is 4. The number of anilines is 1. The van der Waals surface area contributed by atoms with Gasteiger partial charge >= 0.3 is 0 Å². The topological polar surface area (TPSA) is 58.1 Å². The van der Waals surface area contributed by atoms with Crippen molar-refractivity contribution < 1.29 is 4.79 Å². The zero-order valence-electron chi connectivity index (χ0n) is 14.3. The van der Waals surface area contributed by atoms with E-state index in [-0.39, 0.29) is 5.91 Å². The van der Waals surface area contributed by atoms with Crippen molar-refractivity contribution in [2.75, 3.05) is 18.0 Å². The van der Waals surface area contributed by atoms with Crippen molar-refractivity contribution in [2.24, 2.45) is 5.41 Å². The van der Waals surface area contributed by atoms with Crippen LogP contribution >= 0.6 is 0 Å². The second-order valence-electron chi connectivity index (χ2n) is 6.72. The molecular weight excluding hydrogens is 300 g/mol. The lowest BCUT2D eigenvalue weighted by molar-refractivity contribution is -0.130. The highest BCUT2D eigenvalue weighted by Gasteiger charge is 2.38. The van der Waals surface area contributed by atoms with Gasteiger partial charge in [-0.15, -0.1) is 0 Å². The molecule has 5 heteroatoms. The average molecular weight is 324 g/mol. The molecule has 3 rings (SSSR count). The minimum atomic E-state index is -0.397. The summed E-state index contributed by atoms with van der Waals surface area (Å²) < 4.78 is 0. The molecule has 1 aromatic carbocycles. The molecule has 1 aromatic heterocycles. The fourth-order valence-electron chi connectivity index (χ4n) is 3.23. The SMILES string of the molecule is Cc1nccc(N2CCC[C@](C)(C(=O)NCc3ccccc3)C2)n1. The molecule has 5 nitrogen and oxygen atoms in total. The number of hydrogen-bond donors (Lipinski definition) is 1. The second kappa shape index (κ2) is 6.99. The molecule has 1 saturated heterocycles. The Morgan fingerprint density at radius 2 is 2.08 bits per heavy atom. The first-order chi connectivity index (χ1) is 11.6. The Morgan fingerprint density at radius 3 is 2.83 bits per heavy atom. The highest BCUT2D eigenvalue weighted by atomic mass is 16.2. The van der Waals surface area contributed by atoms with Crippen molar-refractivity contribution >= 4 is 11.7 Å². The zero-order valence-corrected chi connectivity index (χ0v) is 14.3. The molecule has 1 N–H and O–H groups in total. The average Bonchev–Trinajstić information content (AvgIpc) is 2.60. The number of piperidine rings is 1. The molecule has 1 fully saturated rings. The van der Waals surface area contributed by atoms with E-state index >= 15 is 0 Å². The van der Waals surface area contributed by atoms with E-state index in [2.05, 4.69) is 20.2 Å². The molecule has 0 bridgehead atoms. The summed E-state index contributed by atoms with van der Waals surface area (Å²) in [6, 6.07) is 11.9. The standard InChI is InChI=1S/C19H24N4O/c1-15-20-11-9-17(22-15)23-12-6-10-19(2,14-23)18(24)21-13-16-7-4-3-5-8-16/h3-5,7-9,11H,6,10,12-14H2,1-2H3,(H,21,24)/t19-/m0/s1. The summed E-state index contributed by atoms with van der Waals surface area (Å²) >= 11 is 0. The number of aryl methyl sites for hydroxylation is 1. The molecule has 24 heavy (non-hydrogen) atoms. The Hall–Kier alpha value is -2.43. The summed E-state index contributed by atoms with van der Waals surface area (Å²) in [5.41, 5.74) is 0.722. The van der Waals surface area contributed by atoms with Crippen molar-refractivity contribution in [3.8, 4) is 0 Å². The van der Waals surface area contributed by atoms with Crippen LogP contribution in [0.15, 0.2) is 42.6 Å². The van der Waals surface area contributed by atoms with Gasteiger partial charge in [0.05, 0.1) is 5.41 Å². The number of carbonyl (C=O) groups excluding carboxylic acids is 1. The Kier molecular flexibility index (Phi) is 4.79. The third-order valence-electron chi connectivity index (χ3n) is 4.63. The summed E-state index contributed by atoms with van der Waals surface area (Å²) in [6.07, 6.45) is 3.66. The zero-order chi connectivity index (χ0) is 17.0. The highest BCUT2D eigenvalue weighted by Crippen LogP contribution is 2.31. The molecule has 126 valence electrons. The van der Waals surface area contributed by atoms with Gasteiger partial charge in [0, 0.05) is 25.8 Å². The van der Waals surface area contributed by atoms with E-state index in [1.54, 1.807) is 6.20 Å². The molecule has 2 aromatic rings. The Morgan fingerprint density at radius 1 is 1.29 bits per heavy atom. The van der Waals surface area contributed by atoms with Crippen LogP contribution in [0.1, 0.15) is 31.2 Å². The van der Waals surface area contributed by atoms with Gasteiger partial charge in [-0.25, -0.2) is 9.97 Å². The van der Waals surface area contributed by atoms with Crippen LogP contribution in [0.25, 0.3) is 0 Å². The number of carbonyl (C=O) groups is 1. The van der Waals surface area contributed by atoms with E-state index < -0.39 is 5.41 Å². The molecule has 0 aliphatic carbocycles. The molecule has 1 amide bonds. The van der Waals surface area contributed by atoms with E-state index in [1.165, 1.54) is 0 Å². The van der Waals surface area contributed by atoms with Crippen LogP contribution < -0.4 is 10.2 Å². The molecule has 0 unspecified atom stereocenters. The number of amides is 1. The van der Waals surface area contributed by atoms with Crippen molar-refractivity contribution in [2.45, 2.75) is 33.2 Å². The summed E-state index contributed by atoms with van der Waals surface area (Å²) in [6.45, 7) is 6.12. The van der Waals surface area contributed by atoms with Crippen LogP contribution in [-0.4, -0.2) is 29.0 Å². The molecule has 2 heterocycles. The molecule has 0 radical (unpaired) electrons. The van der Waals surface area contributed by atoms with Crippen LogP contribution in [0.4, 0.5) is 5.82 Å². The van der Waals surface area contributed by atoms with Gasteiger partial charge < -0.3 is 10.2 Å². The van der Waals surface area contributed by atoms with Crippen LogP contribution in [0.3, 0.4) is 0 Å². The number of aromatic nitrogens is 2. The second-order valence-corrected chi connectivity index (χ2v) is 6.72. The lowest BCUT2D eigenvalue weighted by Crippen LogP contribution is -2.50. The normalized spacial score (nSPS) is 20.7. The number of hydrogen-bond acceptors (Lipinski definition) is 4. The summed E-state index contributed by atoms with van der Waals surface area (Å²) in [5.74, 6) is 1.78. The van der Waals surface area contributed by atoms with E-state index in [9.17, 15) is 4.79 Å². The van der Waals surface area contributed by atoms with Gasteiger partial charge in [-0.3, -0.25) is 4.79 Å². The molecule has 1 atom stereocenters. The van der Waals surface area contributed by atoms with Crippen molar-refractivity contribution in [1.29, 1.82) is 0 Å². The predicted octanol–water partition coefficient (Wildman–Crippen LogP) is 2.71. The van der Waals surface area contributed by atoms with Crippen LogP contribution in [0, 0.1) is 12.3 Å². The summed E-state index contributed by atoms with van der Waals surface area (Å²) in [7, 11) is 0. The van der Waals surface area contributed by atoms with Crippen molar-refractivity contribution in [3.05, 3.63) is 54.0 Å². The lowest BCUT2D eigenvalue weighted by Gasteiger charge is -2.40. The minimum Gasteiger partial charge on any atom is -0.355 e. The lowest BCUT2D eigenvalue weighted by atomic mass is 9.81. The van der Waals surface area contributed by atoms with Crippen LogP contribution in [0.5, 0.6) is 0 Å². The Balaban J connectivity index is 1.66. The quantitative estimate of drug-likeness (QED) is 0.939. The monoisotopic (exact) mass is 324 g/mol. The Bertz CT molecular complexity index is 704. The first kappa shape index (κ1) is 16.4. The van der Waals surface area contributed by atoms with E-state index in [4.69, 9.17) is 0 Å². The molecule has 1 aliphatic rings. The largest absolute Gasteiger partial charge is 0.355 e. The van der Waals surface area contributed by atoms with Gasteiger partial charge in [0.2, 0.25) is 5.91 Å². The molecular formula is C19H24N4O. The van der Waals surface area contributed by atoms with E-state index in [1.807, 2.05) is 50.2 Å². The molecule has 0 saturated carbocycles. The predicted molar refractivity (Wildman–Crippen MR) is 94.6 cm³/mol. The van der Waals surface area contributed by atoms with Crippen molar-refractivity contribution in [1.82, 2.24) is 15.3 Å². The molecule has 1 aliphatic heterocycles. The summed E-state index contributed by atoms with van der Waals surface area (Å²) in [5, 5.41) is 3.09. The first-order valence-corrected chi connectivity index (χ1v) is 8.44. The van der Waals surface area contributed by atoms with E-state index in [0.29, 0.717) is 13.1 Å². The maximum atomic E-state index is 12.8. The van der Waals surface area contributed by atoms with Gasteiger partial charge in [-0.1, -0.05) is 30.3 Å². The number of nitrogens with one attached hydrogen (secondary N) is 1. The van der Waals surface area contributed by atoms with Gasteiger partial charge in [0.1, 0.15) is 11.6 Å². The van der Waals surface area contributed by atoms with Crippen LogP contribution in [-0.2, 0) is 11.3 Å². The highest BCUT2D eigenvalue weighted by molar-refractivity contribution is 5.83. The summed E-state index contributed by atoms with van der Waals surface area (Å²) in [4.78, 5) is 23.6. The van der Waals surface area contributed by atoms with Crippen molar-refractivity contribution in [3.63, 3.8) is 0 Å². The van der Waals surface area contributed by atoms with Gasteiger partial charge in [0.25, 0.3) is 0 Å². The third kappa shape index (κ3) is 3.72. The molecule has 0 spiro atoms. The number of nitrogens with zero attached hydrogens (tertiary/aromatic N) is 3. The Labute approximate surface area is 143 Å². The number of benzene rings is 1. The third-order valence-corrected chi connectivity index (χ3v) is 4.63. The minimum absolute atomic E-state index is 0.113. The maximum absolute atomic E-state index is 12.8. The van der Waals surface area contributed by atoms with Crippen LogP contribution in [0.2, 0.25) is 0 Å².